The number of nitro groups is 1. The highest BCUT2D eigenvalue weighted by molar-refractivity contribution is 5.95. The van der Waals surface area contributed by atoms with Gasteiger partial charge in [-0.25, -0.2) is 4.79 Å². The van der Waals surface area contributed by atoms with Crippen molar-refractivity contribution in [3.8, 4) is 0 Å². The molecule has 1 aromatic rings. The number of anilines is 1. The average molecular weight is 292 g/mol. The topological polar surface area (TPSA) is 83.7 Å². The Bertz CT molecular complexity index is 559. The SMILES string of the molecule is CC1CCCCC1N(C)c1ccc([N+](=O)[O-])cc1C(=O)O. The summed E-state index contributed by atoms with van der Waals surface area (Å²) in [5.41, 5.74) is 0.345. The fourth-order valence-electron chi connectivity index (χ4n) is 3.17. The molecule has 114 valence electrons. The second kappa shape index (κ2) is 6.11. The van der Waals surface area contributed by atoms with Gasteiger partial charge in [-0.3, -0.25) is 10.1 Å². The summed E-state index contributed by atoms with van der Waals surface area (Å²) in [6, 6.07) is 4.33. The Hall–Kier alpha value is -2.11. The van der Waals surface area contributed by atoms with E-state index in [4.69, 9.17) is 0 Å². The van der Waals surface area contributed by atoms with E-state index in [2.05, 4.69) is 6.92 Å². The van der Waals surface area contributed by atoms with E-state index in [1.165, 1.54) is 12.5 Å². The summed E-state index contributed by atoms with van der Waals surface area (Å²) in [6.45, 7) is 2.17. The van der Waals surface area contributed by atoms with Crippen LogP contribution in [-0.4, -0.2) is 29.1 Å². The number of rotatable bonds is 4. The van der Waals surface area contributed by atoms with Gasteiger partial charge in [0.1, 0.15) is 0 Å². The summed E-state index contributed by atoms with van der Waals surface area (Å²) in [4.78, 5) is 23.6. The van der Waals surface area contributed by atoms with Gasteiger partial charge in [-0.05, 0) is 24.8 Å². The maximum Gasteiger partial charge on any atom is 0.338 e. The van der Waals surface area contributed by atoms with Crippen LogP contribution in [0.4, 0.5) is 11.4 Å². The van der Waals surface area contributed by atoms with Gasteiger partial charge in [0.05, 0.1) is 16.2 Å². The third-order valence-electron chi connectivity index (χ3n) is 4.37. The van der Waals surface area contributed by atoms with Gasteiger partial charge in [0.15, 0.2) is 0 Å². The molecule has 1 fully saturated rings. The van der Waals surface area contributed by atoms with E-state index in [1.54, 1.807) is 6.07 Å². The van der Waals surface area contributed by atoms with Crippen LogP contribution in [0.5, 0.6) is 0 Å². The molecule has 0 aromatic heterocycles. The van der Waals surface area contributed by atoms with Crippen LogP contribution in [0.15, 0.2) is 18.2 Å². The number of nitrogens with zero attached hydrogens (tertiary/aromatic N) is 2. The van der Waals surface area contributed by atoms with Gasteiger partial charge in [-0.1, -0.05) is 19.8 Å². The highest BCUT2D eigenvalue weighted by atomic mass is 16.6. The van der Waals surface area contributed by atoms with Crippen molar-refractivity contribution in [1.82, 2.24) is 0 Å². The number of carboxylic acid groups (broad SMARTS) is 1. The molecule has 0 saturated heterocycles. The minimum Gasteiger partial charge on any atom is -0.478 e. The average Bonchev–Trinajstić information content (AvgIpc) is 2.46. The zero-order valence-corrected chi connectivity index (χ0v) is 12.3. The molecule has 2 rings (SSSR count). The van der Waals surface area contributed by atoms with Gasteiger partial charge in [-0.15, -0.1) is 0 Å². The molecule has 0 radical (unpaired) electrons. The lowest BCUT2D eigenvalue weighted by Crippen LogP contribution is -2.39. The maximum absolute atomic E-state index is 11.4. The van der Waals surface area contributed by atoms with Gasteiger partial charge >= 0.3 is 5.97 Å². The molecule has 0 aliphatic heterocycles. The first-order valence-electron chi connectivity index (χ1n) is 7.16. The van der Waals surface area contributed by atoms with Gasteiger partial charge < -0.3 is 10.0 Å². The summed E-state index contributed by atoms with van der Waals surface area (Å²) in [6.07, 6.45) is 4.49. The molecule has 1 aliphatic carbocycles. The van der Waals surface area contributed by atoms with Gasteiger partial charge in [0.25, 0.3) is 5.69 Å². The number of carbonyl (C=O) groups is 1. The second-order valence-electron chi connectivity index (χ2n) is 5.70. The molecule has 0 bridgehead atoms. The molecule has 1 aromatic carbocycles. The number of benzene rings is 1. The first-order valence-corrected chi connectivity index (χ1v) is 7.16. The van der Waals surface area contributed by atoms with Crippen LogP contribution in [0.3, 0.4) is 0 Å². The van der Waals surface area contributed by atoms with Crippen molar-refractivity contribution in [2.24, 2.45) is 5.92 Å². The van der Waals surface area contributed by atoms with Crippen LogP contribution in [0.25, 0.3) is 0 Å². The van der Waals surface area contributed by atoms with E-state index in [9.17, 15) is 20.0 Å². The third-order valence-corrected chi connectivity index (χ3v) is 4.37. The summed E-state index contributed by atoms with van der Waals surface area (Å²) in [5.74, 6) is -0.649. The number of aromatic carboxylic acids is 1. The van der Waals surface area contributed by atoms with E-state index >= 15 is 0 Å². The van der Waals surface area contributed by atoms with Crippen LogP contribution in [0, 0.1) is 16.0 Å². The molecule has 1 N–H and O–H groups in total. The zero-order chi connectivity index (χ0) is 15.6. The molecule has 6 nitrogen and oxygen atoms in total. The predicted molar refractivity (Wildman–Crippen MR) is 79.9 cm³/mol. The van der Waals surface area contributed by atoms with Crippen molar-refractivity contribution in [3.63, 3.8) is 0 Å². The molecule has 1 saturated carbocycles. The first-order chi connectivity index (χ1) is 9.91. The second-order valence-corrected chi connectivity index (χ2v) is 5.70. The summed E-state index contributed by atoms with van der Waals surface area (Å²) in [5, 5.41) is 20.1. The van der Waals surface area contributed by atoms with Crippen molar-refractivity contribution in [1.29, 1.82) is 0 Å². The zero-order valence-electron chi connectivity index (χ0n) is 12.3. The molecule has 6 heteroatoms. The van der Waals surface area contributed by atoms with Crippen molar-refractivity contribution in [2.45, 2.75) is 38.6 Å². The Balaban J connectivity index is 2.37. The predicted octanol–water partition coefficient (Wildman–Crippen LogP) is 3.31. The molecule has 2 unspecified atom stereocenters. The lowest BCUT2D eigenvalue weighted by Gasteiger charge is -2.38. The molecule has 1 aliphatic rings. The smallest absolute Gasteiger partial charge is 0.338 e. The molecule has 0 heterocycles. The highest BCUT2D eigenvalue weighted by Gasteiger charge is 2.28. The van der Waals surface area contributed by atoms with Crippen LogP contribution in [0.1, 0.15) is 43.0 Å². The number of non-ortho nitro benzene ring substituents is 1. The highest BCUT2D eigenvalue weighted by Crippen LogP contribution is 2.33. The van der Waals surface area contributed by atoms with Crippen molar-refractivity contribution < 1.29 is 14.8 Å². The Kier molecular flexibility index (Phi) is 4.45. The van der Waals surface area contributed by atoms with Gasteiger partial charge in [-0.2, -0.15) is 0 Å². The Morgan fingerprint density at radius 3 is 2.62 bits per heavy atom. The number of hydrogen-bond donors (Lipinski definition) is 1. The van der Waals surface area contributed by atoms with Crippen molar-refractivity contribution >= 4 is 17.3 Å². The molecule has 21 heavy (non-hydrogen) atoms. The van der Waals surface area contributed by atoms with E-state index < -0.39 is 10.9 Å². The maximum atomic E-state index is 11.4. The summed E-state index contributed by atoms with van der Waals surface area (Å²) in [7, 11) is 1.88. The third kappa shape index (κ3) is 3.15. The van der Waals surface area contributed by atoms with E-state index in [0.29, 0.717) is 11.6 Å². The van der Waals surface area contributed by atoms with E-state index in [1.807, 2.05) is 11.9 Å². The minimum atomic E-state index is -1.14. The lowest BCUT2D eigenvalue weighted by atomic mass is 9.84. The fraction of sp³-hybridized carbons (Fsp3) is 0.533. The Labute approximate surface area is 123 Å². The minimum absolute atomic E-state index is 0.00975. The number of hydrogen-bond acceptors (Lipinski definition) is 4. The fourth-order valence-corrected chi connectivity index (χ4v) is 3.17. The van der Waals surface area contributed by atoms with Crippen LogP contribution in [0.2, 0.25) is 0 Å². The van der Waals surface area contributed by atoms with Crippen molar-refractivity contribution in [3.05, 3.63) is 33.9 Å². The van der Waals surface area contributed by atoms with Crippen LogP contribution in [-0.2, 0) is 0 Å². The van der Waals surface area contributed by atoms with Crippen molar-refractivity contribution in [2.75, 3.05) is 11.9 Å². The van der Waals surface area contributed by atoms with Gasteiger partial charge in [0, 0.05) is 25.2 Å². The molecular weight excluding hydrogens is 272 g/mol. The molecule has 0 amide bonds. The normalized spacial score (nSPS) is 21.8. The Morgan fingerprint density at radius 1 is 1.38 bits per heavy atom. The van der Waals surface area contributed by atoms with Crippen LogP contribution >= 0.6 is 0 Å². The first kappa shape index (κ1) is 15.3. The number of nitro benzene ring substituents is 1. The Morgan fingerprint density at radius 2 is 2.05 bits per heavy atom. The lowest BCUT2D eigenvalue weighted by molar-refractivity contribution is -0.384. The summed E-state index contributed by atoms with van der Waals surface area (Å²) >= 11 is 0. The molecular formula is C15H20N2O4. The number of carboxylic acids is 1. The monoisotopic (exact) mass is 292 g/mol. The molecule has 2 atom stereocenters. The van der Waals surface area contributed by atoms with E-state index in [-0.39, 0.29) is 17.3 Å². The largest absolute Gasteiger partial charge is 0.478 e. The summed E-state index contributed by atoms with van der Waals surface area (Å²) < 4.78 is 0. The van der Waals surface area contributed by atoms with E-state index in [0.717, 1.165) is 25.3 Å². The van der Waals surface area contributed by atoms with Crippen LogP contribution < -0.4 is 4.90 Å². The quantitative estimate of drug-likeness (QED) is 0.680. The standard InChI is InChI=1S/C15H20N2O4/c1-10-5-3-4-6-13(10)16(2)14-8-7-11(17(20)21)9-12(14)15(18)19/h7-10,13H,3-6H2,1-2H3,(H,18,19). The van der Waals surface area contributed by atoms with Gasteiger partial charge in [0.2, 0.25) is 0 Å². The molecule has 0 spiro atoms.